The van der Waals surface area contributed by atoms with E-state index in [1.165, 1.54) is 5.56 Å². The van der Waals surface area contributed by atoms with Crippen LogP contribution in [0, 0.1) is 0 Å². The second kappa shape index (κ2) is 13.6. The minimum absolute atomic E-state index is 0.176. The second-order valence-corrected chi connectivity index (χ2v) is 11.9. The number of hydrogen-bond donors (Lipinski definition) is 4. The normalized spacial score (nSPS) is 15.3. The monoisotopic (exact) mass is 566 g/mol. The van der Waals surface area contributed by atoms with Gasteiger partial charge in [-0.2, -0.15) is 0 Å². The average Bonchev–Trinajstić information content (AvgIpc) is 2.94. The summed E-state index contributed by atoms with van der Waals surface area (Å²) in [5.41, 5.74) is 3.29. The predicted molar refractivity (Wildman–Crippen MR) is 158 cm³/mol. The third-order valence-corrected chi connectivity index (χ3v) is 7.40. The Balaban J connectivity index is 1.19. The van der Waals surface area contributed by atoms with Gasteiger partial charge >= 0.3 is 0 Å². The fourth-order valence-electron chi connectivity index (χ4n) is 4.51. The van der Waals surface area contributed by atoms with Crippen molar-refractivity contribution in [3.05, 3.63) is 83.9 Å². The first kappa shape index (κ1) is 29.4. The summed E-state index contributed by atoms with van der Waals surface area (Å²) < 4.78 is 31.0. The van der Waals surface area contributed by atoms with E-state index in [1.54, 1.807) is 24.3 Å². The van der Waals surface area contributed by atoms with Gasteiger partial charge in [0.15, 0.2) is 0 Å². The molecular weight excluding hydrogens is 528 g/mol. The molecule has 1 saturated heterocycles. The highest BCUT2D eigenvalue weighted by atomic mass is 32.2. The fraction of sp³-hybridized carbons (Fsp3) is 0.367. The Morgan fingerprint density at radius 1 is 0.950 bits per heavy atom. The van der Waals surface area contributed by atoms with Crippen molar-refractivity contribution in [3.8, 4) is 11.5 Å². The number of ether oxygens (including phenoxy) is 1. The van der Waals surface area contributed by atoms with Crippen LogP contribution in [-0.2, 0) is 16.6 Å². The number of aliphatic hydroxyl groups excluding tert-OH is 1. The number of sulfonamides is 1. The first-order valence-corrected chi connectivity index (χ1v) is 15.5. The Labute approximate surface area is 236 Å². The number of aliphatic hydroxyl groups is 1. The van der Waals surface area contributed by atoms with E-state index in [9.17, 15) is 18.3 Å². The third-order valence-electron chi connectivity index (χ3n) is 6.80. The van der Waals surface area contributed by atoms with Crippen LogP contribution in [0.1, 0.15) is 42.1 Å². The van der Waals surface area contributed by atoms with E-state index in [-0.39, 0.29) is 12.5 Å². The summed E-state index contributed by atoms with van der Waals surface area (Å²) in [7, 11) is -3.31. The third kappa shape index (κ3) is 9.25. The Hall–Kier alpha value is -3.60. The van der Waals surface area contributed by atoms with Gasteiger partial charge in [0.1, 0.15) is 11.5 Å². The first-order chi connectivity index (χ1) is 19.2. The van der Waals surface area contributed by atoms with E-state index in [2.05, 4.69) is 32.4 Å². The molecule has 1 aliphatic rings. The summed E-state index contributed by atoms with van der Waals surface area (Å²) in [4.78, 5) is 14.7. The van der Waals surface area contributed by atoms with E-state index in [1.807, 2.05) is 43.3 Å². The lowest BCUT2D eigenvalue weighted by atomic mass is 10.0. The Morgan fingerprint density at radius 3 is 2.10 bits per heavy atom. The Kier molecular flexibility index (Phi) is 10.0. The highest BCUT2D eigenvalue weighted by molar-refractivity contribution is 7.92. The summed E-state index contributed by atoms with van der Waals surface area (Å²) in [5.74, 6) is 1.17. The van der Waals surface area contributed by atoms with Gasteiger partial charge in [0.25, 0.3) is 5.91 Å². The standard InChI is InChI=1S/C30H38N4O5S/c1-3-27(35)20-31-30(36)23-6-8-24(9-7-23)32-25-16-18-34(19-17-25)21-22-4-12-28(13-5-22)39-29-14-10-26(11-15-29)33-40(2,37)38/h4-15,25,27,32-33,35H,3,16-21H2,1-2H3,(H,31,36). The number of likely N-dealkylation sites (tertiary alicyclic amines) is 1. The van der Waals surface area contributed by atoms with Crippen LogP contribution in [0.25, 0.3) is 0 Å². The van der Waals surface area contributed by atoms with Gasteiger partial charge in [0.05, 0.1) is 12.4 Å². The number of nitrogens with zero attached hydrogens (tertiary/aromatic N) is 1. The van der Waals surface area contributed by atoms with Gasteiger partial charge in [0, 0.05) is 49.2 Å². The maximum atomic E-state index is 12.2. The van der Waals surface area contributed by atoms with Gasteiger partial charge in [-0.05, 0) is 85.5 Å². The summed E-state index contributed by atoms with van der Waals surface area (Å²) in [6.45, 7) is 4.99. The summed E-state index contributed by atoms with van der Waals surface area (Å²) in [6, 6.07) is 22.7. The highest BCUT2D eigenvalue weighted by Crippen LogP contribution is 2.25. The zero-order valence-corrected chi connectivity index (χ0v) is 23.8. The number of anilines is 2. The lowest BCUT2D eigenvalue weighted by Gasteiger charge is -2.33. The molecule has 0 aromatic heterocycles. The summed E-state index contributed by atoms with van der Waals surface area (Å²) >= 11 is 0. The molecular formula is C30H38N4O5S. The maximum absolute atomic E-state index is 12.2. The maximum Gasteiger partial charge on any atom is 0.251 e. The van der Waals surface area contributed by atoms with Gasteiger partial charge < -0.3 is 20.5 Å². The van der Waals surface area contributed by atoms with Crippen molar-refractivity contribution in [2.75, 3.05) is 35.9 Å². The van der Waals surface area contributed by atoms with Crippen molar-refractivity contribution < 1.29 is 23.1 Å². The molecule has 1 heterocycles. The largest absolute Gasteiger partial charge is 0.457 e. The molecule has 1 atom stereocenters. The van der Waals surface area contributed by atoms with Crippen LogP contribution in [0.2, 0.25) is 0 Å². The van der Waals surface area contributed by atoms with Crippen LogP contribution in [-0.4, -0.2) is 62.4 Å². The van der Waals surface area contributed by atoms with Crippen molar-refractivity contribution >= 4 is 27.3 Å². The number of benzene rings is 3. The van der Waals surface area contributed by atoms with Gasteiger partial charge in [-0.25, -0.2) is 8.42 Å². The molecule has 1 unspecified atom stereocenters. The molecule has 10 heteroatoms. The molecule has 1 fully saturated rings. The molecule has 0 saturated carbocycles. The zero-order chi connectivity index (χ0) is 28.5. The van der Waals surface area contributed by atoms with Crippen LogP contribution >= 0.6 is 0 Å². The van der Waals surface area contributed by atoms with Crippen molar-refractivity contribution in [2.24, 2.45) is 0 Å². The van der Waals surface area contributed by atoms with Gasteiger partial charge in [-0.1, -0.05) is 19.1 Å². The second-order valence-electron chi connectivity index (χ2n) is 10.2. The van der Waals surface area contributed by atoms with E-state index in [0.29, 0.717) is 29.5 Å². The molecule has 3 aromatic carbocycles. The lowest BCUT2D eigenvalue weighted by Crippen LogP contribution is -2.38. The summed E-state index contributed by atoms with van der Waals surface area (Å²) in [6.07, 6.45) is 3.26. The van der Waals surface area contributed by atoms with Crippen LogP contribution < -0.4 is 20.1 Å². The van der Waals surface area contributed by atoms with Crippen molar-refractivity contribution in [3.63, 3.8) is 0 Å². The topological polar surface area (TPSA) is 120 Å². The average molecular weight is 567 g/mol. The number of piperidine rings is 1. The molecule has 40 heavy (non-hydrogen) atoms. The minimum Gasteiger partial charge on any atom is -0.457 e. The lowest BCUT2D eigenvalue weighted by molar-refractivity contribution is 0.0914. The number of nitrogens with one attached hydrogen (secondary N) is 3. The number of rotatable bonds is 12. The van der Waals surface area contributed by atoms with Crippen molar-refractivity contribution in [2.45, 2.75) is 44.9 Å². The van der Waals surface area contributed by atoms with E-state index in [4.69, 9.17) is 4.74 Å². The van der Waals surface area contributed by atoms with Crippen LogP contribution in [0.15, 0.2) is 72.8 Å². The van der Waals surface area contributed by atoms with Gasteiger partial charge in [-0.3, -0.25) is 14.4 Å². The van der Waals surface area contributed by atoms with Crippen LogP contribution in [0.4, 0.5) is 11.4 Å². The molecule has 0 bridgehead atoms. The molecule has 0 spiro atoms. The first-order valence-electron chi connectivity index (χ1n) is 13.6. The number of amides is 1. The number of carbonyl (C=O) groups excluding carboxylic acids is 1. The number of hydrogen-bond acceptors (Lipinski definition) is 7. The molecule has 214 valence electrons. The molecule has 0 aliphatic carbocycles. The highest BCUT2D eigenvalue weighted by Gasteiger charge is 2.19. The Bertz CT molecular complexity index is 1340. The molecule has 4 rings (SSSR count). The zero-order valence-electron chi connectivity index (χ0n) is 23.0. The molecule has 0 radical (unpaired) electrons. The molecule has 3 aromatic rings. The van der Waals surface area contributed by atoms with Crippen molar-refractivity contribution in [1.82, 2.24) is 10.2 Å². The molecule has 1 aliphatic heterocycles. The molecule has 1 amide bonds. The molecule has 4 N–H and O–H groups in total. The van der Waals surface area contributed by atoms with E-state index < -0.39 is 16.1 Å². The fourth-order valence-corrected chi connectivity index (χ4v) is 5.07. The van der Waals surface area contributed by atoms with Crippen LogP contribution in [0.5, 0.6) is 11.5 Å². The molecule has 9 nitrogen and oxygen atoms in total. The van der Waals surface area contributed by atoms with Gasteiger partial charge in [-0.15, -0.1) is 0 Å². The quantitative estimate of drug-likeness (QED) is 0.256. The smallest absolute Gasteiger partial charge is 0.251 e. The SMILES string of the molecule is CCC(O)CNC(=O)c1ccc(NC2CCN(Cc3ccc(Oc4ccc(NS(C)(=O)=O)cc4)cc3)CC2)cc1. The van der Waals surface area contributed by atoms with E-state index >= 15 is 0 Å². The predicted octanol–water partition coefficient (Wildman–Crippen LogP) is 4.43. The minimum atomic E-state index is -3.31. The van der Waals surface area contributed by atoms with Gasteiger partial charge in [0.2, 0.25) is 10.0 Å². The number of carbonyl (C=O) groups is 1. The van der Waals surface area contributed by atoms with Crippen LogP contribution in [0.3, 0.4) is 0 Å². The summed E-state index contributed by atoms with van der Waals surface area (Å²) in [5, 5.41) is 16.0. The van der Waals surface area contributed by atoms with E-state index in [0.717, 1.165) is 50.2 Å². The van der Waals surface area contributed by atoms with Crippen molar-refractivity contribution in [1.29, 1.82) is 0 Å². The Morgan fingerprint density at radius 2 is 1.52 bits per heavy atom.